The molecule has 0 aliphatic heterocycles. The van der Waals surface area contributed by atoms with E-state index >= 15 is 0 Å². The Balaban J connectivity index is 1.90. The van der Waals surface area contributed by atoms with E-state index in [9.17, 15) is 18.0 Å². The van der Waals surface area contributed by atoms with E-state index in [0.29, 0.717) is 22.3 Å². The predicted molar refractivity (Wildman–Crippen MR) is 102 cm³/mol. The highest BCUT2D eigenvalue weighted by Gasteiger charge is 2.30. The van der Waals surface area contributed by atoms with Crippen LogP contribution >= 0.6 is 23.2 Å². The molecule has 1 N–H and O–H groups in total. The van der Waals surface area contributed by atoms with Crippen LogP contribution in [0.3, 0.4) is 0 Å². The lowest BCUT2D eigenvalue weighted by Crippen LogP contribution is -2.15. The fourth-order valence-electron chi connectivity index (χ4n) is 2.51. The molecular weight excluding hydrogens is 432 g/mol. The summed E-state index contributed by atoms with van der Waals surface area (Å²) in [6, 6.07) is 7.24. The van der Waals surface area contributed by atoms with Crippen molar-refractivity contribution in [2.75, 3.05) is 12.4 Å². The monoisotopic (exact) mass is 444 g/mol. The van der Waals surface area contributed by atoms with Gasteiger partial charge < -0.3 is 10.1 Å². The Bertz CT molecular complexity index is 1080. The number of carbonyl (C=O) groups excluding carboxylic acids is 1. The topological polar surface area (TPSA) is 69.0 Å². The van der Waals surface area contributed by atoms with Crippen LogP contribution in [0.2, 0.25) is 10.0 Å². The molecule has 0 saturated carbocycles. The van der Waals surface area contributed by atoms with Gasteiger partial charge in [-0.1, -0.05) is 29.3 Å². The Morgan fingerprint density at radius 1 is 1.17 bits per heavy atom. The molecule has 0 aliphatic carbocycles. The molecule has 6 nitrogen and oxygen atoms in total. The van der Waals surface area contributed by atoms with Crippen molar-refractivity contribution in [1.29, 1.82) is 0 Å². The van der Waals surface area contributed by atoms with Crippen molar-refractivity contribution < 1.29 is 22.7 Å². The van der Waals surface area contributed by atoms with Gasteiger partial charge in [-0.3, -0.25) is 4.79 Å². The van der Waals surface area contributed by atoms with Gasteiger partial charge in [-0.25, -0.2) is 9.67 Å². The first kappa shape index (κ1) is 20.9. The zero-order valence-electron chi connectivity index (χ0n) is 15.0. The largest absolute Gasteiger partial charge is 0.495 e. The summed E-state index contributed by atoms with van der Waals surface area (Å²) in [5.74, 6) is -0.352. The molecule has 1 amide bonds. The van der Waals surface area contributed by atoms with Crippen molar-refractivity contribution >= 4 is 34.8 Å². The number of hydrogen-bond acceptors (Lipinski definition) is 4. The van der Waals surface area contributed by atoms with Gasteiger partial charge in [-0.15, -0.1) is 5.10 Å². The number of benzene rings is 2. The van der Waals surface area contributed by atoms with Gasteiger partial charge in [0.05, 0.1) is 28.4 Å². The second-order valence-electron chi connectivity index (χ2n) is 5.87. The zero-order chi connectivity index (χ0) is 21.3. The summed E-state index contributed by atoms with van der Waals surface area (Å²) in [4.78, 5) is 16.5. The van der Waals surface area contributed by atoms with E-state index < -0.39 is 17.6 Å². The van der Waals surface area contributed by atoms with E-state index in [2.05, 4.69) is 15.4 Å². The lowest BCUT2D eigenvalue weighted by molar-refractivity contribution is -0.137. The fraction of sp³-hybridized carbons (Fsp3) is 0.167. The summed E-state index contributed by atoms with van der Waals surface area (Å²) in [7, 11) is 1.43. The molecule has 3 rings (SSSR count). The van der Waals surface area contributed by atoms with Crippen LogP contribution < -0.4 is 10.1 Å². The molecule has 11 heteroatoms. The smallest absolute Gasteiger partial charge is 0.416 e. The average molecular weight is 445 g/mol. The number of aryl methyl sites for hydroxylation is 1. The van der Waals surface area contributed by atoms with Gasteiger partial charge in [0.2, 0.25) is 5.82 Å². The van der Waals surface area contributed by atoms with Crippen LogP contribution in [-0.4, -0.2) is 27.8 Å². The number of alkyl halides is 3. The lowest BCUT2D eigenvalue weighted by atomic mass is 10.2. The second-order valence-corrected chi connectivity index (χ2v) is 6.68. The maximum atomic E-state index is 12.8. The Labute approximate surface area is 173 Å². The first-order valence-corrected chi connectivity index (χ1v) is 8.81. The maximum absolute atomic E-state index is 12.8. The molecule has 3 aromatic rings. The normalized spacial score (nSPS) is 11.4. The number of aromatic nitrogens is 3. The van der Waals surface area contributed by atoms with E-state index in [-0.39, 0.29) is 16.5 Å². The number of halogens is 5. The van der Waals surface area contributed by atoms with Crippen LogP contribution in [0.4, 0.5) is 18.9 Å². The molecule has 1 heterocycles. The lowest BCUT2D eigenvalue weighted by Gasteiger charge is -2.10. The van der Waals surface area contributed by atoms with Gasteiger partial charge in [0.1, 0.15) is 11.6 Å². The zero-order valence-corrected chi connectivity index (χ0v) is 16.5. The summed E-state index contributed by atoms with van der Waals surface area (Å²) in [5, 5.41) is 6.99. The van der Waals surface area contributed by atoms with Gasteiger partial charge in [0, 0.05) is 11.8 Å². The van der Waals surface area contributed by atoms with Crippen LogP contribution in [0.5, 0.6) is 5.75 Å². The highest BCUT2D eigenvalue weighted by Crippen LogP contribution is 2.33. The number of anilines is 1. The number of hydrogen-bond donors (Lipinski definition) is 1. The molecule has 0 bridgehead atoms. The van der Waals surface area contributed by atoms with Crippen molar-refractivity contribution in [3.63, 3.8) is 0 Å². The summed E-state index contributed by atoms with van der Waals surface area (Å²) in [5.41, 5.74) is -0.550. The fourth-order valence-corrected chi connectivity index (χ4v) is 3.05. The van der Waals surface area contributed by atoms with Crippen molar-refractivity contribution in [3.8, 4) is 11.4 Å². The van der Waals surface area contributed by atoms with Gasteiger partial charge in [0.15, 0.2) is 0 Å². The van der Waals surface area contributed by atoms with Crippen molar-refractivity contribution in [2.24, 2.45) is 0 Å². The highest BCUT2D eigenvalue weighted by atomic mass is 35.5. The van der Waals surface area contributed by atoms with Crippen molar-refractivity contribution in [2.45, 2.75) is 13.1 Å². The van der Waals surface area contributed by atoms with Crippen LogP contribution in [0.15, 0.2) is 36.4 Å². The Kier molecular flexibility index (Phi) is 5.72. The Hall–Kier alpha value is -2.78. The highest BCUT2D eigenvalue weighted by molar-refractivity contribution is 6.36. The van der Waals surface area contributed by atoms with E-state index in [1.54, 1.807) is 6.92 Å². The molecule has 0 atom stereocenters. The second kappa shape index (κ2) is 7.92. The number of ether oxygens (including phenoxy) is 1. The minimum atomic E-state index is -4.53. The average Bonchev–Trinajstić information content (AvgIpc) is 3.03. The molecule has 0 saturated heterocycles. The first-order chi connectivity index (χ1) is 13.6. The van der Waals surface area contributed by atoms with Crippen LogP contribution in [0.1, 0.15) is 22.0 Å². The van der Waals surface area contributed by atoms with E-state index in [4.69, 9.17) is 27.9 Å². The van der Waals surface area contributed by atoms with Crippen LogP contribution in [0, 0.1) is 6.92 Å². The standard InChI is InChI=1S/C18H13Cl2F3N4O2/c1-9-24-16(17(28)25-11-5-3-4-10(6-11)18(21,22)23)26-27(9)14-8-15(29-2)13(20)7-12(14)19/h3-8H,1-2H3,(H,25,28). The third-order valence-corrected chi connectivity index (χ3v) is 4.47. The first-order valence-electron chi connectivity index (χ1n) is 8.06. The minimum absolute atomic E-state index is 0.0370. The maximum Gasteiger partial charge on any atom is 0.416 e. The molecule has 0 radical (unpaired) electrons. The predicted octanol–water partition coefficient (Wildman–Crippen LogP) is 5.16. The van der Waals surface area contributed by atoms with Gasteiger partial charge in [-0.05, 0) is 31.2 Å². The third kappa shape index (κ3) is 4.46. The number of amides is 1. The third-order valence-electron chi connectivity index (χ3n) is 3.87. The van der Waals surface area contributed by atoms with E-state index in [1.807, 2.05) is 0 Å². The number of methoxy groups -OCH3 is 1. The molecule has 0 aliphatic rings. The Morgan fingerprint density at radius 2 is 1.90 bits per heavy atom. The number of nitrogens with one attached hydrogen (secondary N) is 1. The van der Waals surface area contributed by atoms with Crippen molar-refractivity contribution in [1.82, 2.24) is 14.8 Å². The van der Waals surface area contributed by atoms with Crippen molar-refractivity contribution in [3.05, 3.63) is 63.7 Å². The quantitative estimate of drug-likeness (QED) is 0.603. The van der Waals surface area contributed by atoms with Gasteiger partial charge in [0.25, 0.3) is 5.91 Å². The molecule has 0 unspecified atom stereocenters. The van der Waals surface area contributed by atoms with Gasteiger partial charge in [-0.2, -0.15) is 13.2 Å². The van der Waals surface area contributed by atoms with Gasteiger partial charge >= 0.3 is 6.18 Å². The minimum Gasteiger partial charge on any atom is -0.495 e. The van der Waals surface area contributed by atoms with Crippen LogP contribution in [-0.2, 0) is 6.18 Å². The Morgan fingerprint density at radius 3 is 2.55 bits per heavy atom. The summed E-state index contributed by atoms with van der Waals surface area (Å²) in [6.45, 7) is 1.59. The molecule has 1 aromatic heterocycles. The number of nitrogens with zero attached hydrogens (tertiary/aromatic N) is 3. The molecule has 0 fully saturated rings. The number of rotatable bonds is 4. The van der Waals surface area contributed by atoms with E-state index in [0.717, 1.165) is 12.1 Å². The van der Waals surface area contributed by atoms with Crippen LogP contribution in [0.25, 0.3) is 5.69 Å². The summed E-state index contributed by atoms with van der Waals surface area (Å²) < 4.78 is 44.9. The summed E-state index contributed by atoms with van der Waals surface area (Å²) >= 11 is 12.2. The number of carbonyl (C=O) groups is 1. The molecule has 29 heavy (non-hydrogen) atoms. The molecule has 152 valence electrons. The van der Waals surface area contributed by atoms with E-state index in [1.165, 1.54) is 36.1 Å². The summed E-state index contributed by atoms with van der Waals surface area (Å²) in [6.07, 6.45) is -4.53. The molecule has 0 spiro atoms. The SMILES string of the molecule is COc1cc(-n2nc(C(=O)Nc3cccc(C(F)(F)F)c3)nc2C)c(Cl)cc1Cl. The molecular formula is C18H13Cl2F3N4O2. The molecule has 2 aromatic carbocycles.